The van der Waals surface area contributed by atoms with E-state index in [0.717, 1.165) is 23.3 Å². The van der Waals surface area contributed by atoms with Crippen molar-refractivity contribution in [3.8, 4) is 0 Å². The lowest BCUT2D eigenvalue weighted by Gasteiger charge is -2.14. The Kier molecular flexibility index (Phi) is 2.97. The fourth-order valence-electron chi connectivity index (χ4n) is 2.07. The maximum atomic E-state index is 9.69. The summed E-state index contributed by atoms with van der Waals surface area (Å²) in [5.41, 5.74) is 3.23. The van der Waals surface area contributed by atoms with Crippen LogP contribution in [-0.2, 0) is 0 Å². The van der Waals surface area contributed by atoms with Crippen LogP contribution in [0.4, 0.5) is 0 Å². The number of aliphatic hydroxyl groups excluding tert-OH is 1. The summed E-state index contributed by atoms with van der Waals surface area (Å²) in [7, 11) is 0. The Balaban J connectivity index is 2.45. The van der Waals surface area contributed by atoms with Gasteiger partial charge in [0.2, 0.25) is 0 Å². The number of benzene rings is 1. The van der Waals surface area contributed by atoms with Crippen molar-refractivity contribution in [2.24, 2.45) is 0 Å². The first-order valence-corrected chi connectivity index (χ1v) is 5.76. The maximum absolute atomic E-state index is 9.69. The number of nitrogens with one attached hydrogen (secondary N) is 1. The molecule has 16 heavy (non-hydrogen) atoms. The highest BCUT2D eigenvalue weighted by atomic mass is 16.3. The molecule has 2 atom stereocenters. The first kappa shape index (κ1) is 11.1. The van der Waals surface area contributed by atoms with E-state index in [4.69, 9.17) is 0 Å². The number of nitrogens with zero attached hydrogens (tertiary/aromatic N) is 1. The third kappa shape index (κ3) is 1.95. The standard InChI is InChI=1S/C13H18N2O/c1-4-10(9(3)16)13-14-11-6-5-8(2)7-12(11)15-13/h5-7,9-10,16H,4H2,1-3H3,(H,14,15). The van der Waals surface area contributed by atoms with E-state index in [1.165, 1.54) is 5.56 Å². The molecule has 0 aliphatic rings. The van der Waals surface area contributed by atoms with E-state index < -0.39 is 0 Å². The second-order valence-corrected chi connectivity index (χ2v) is 4.40. The van der Waals surface area contributed by atoms with Crippen molar-refractivity contribution in [2.45, 2.75) is 39.2 Å². The Hall–Kier alpha value is -1.35. The molecule has 86 valence electrons. The minimum atomic E-state index is -0.369. The van der Waals surface area contributed by atoms with Crippen LogP contribution in [0.1, 0.15) is 37.6 Å². The normalized spacial score (nSPS) is 15.2. The molecule has 1 aromatic carbocycles. The van der Waals surface area contributed by atoms with Crippen LogP contribution in [-0.4, -0.2) is 21.2 Å². The number of fused-ring (bicyclic) bond motifs is 1. The summed E-state index contributed by atoms with van der Waals surface area (Å²) >= 11 is 0. The van der Waals surface area contributed by atoms with Crippen molar-refractivity contribution in [1.29, 1.82) is 0 Å². The van der Waals surface area contributed by atoms with Gasteiger partial charge >= 0.3 is 0 Å². The number of aliphatic hydroxyl groups is 1. The number of rotatable bonds is 3. The number of aryl methyl sites for hydroxylation is 1. The second kappa shape index (κ2) is 4.26. The van der Waals surface area contributed by atoms with Gasteiger partial charge in [-0.15, -0.1) is 0 Å². The fourth-order valence-corrected chi connectivity index (χ4v) is 2.07. The molecule has 3 heteroatoms. The van der Waals surface area contributed by atoms with Gasteiger partial charge < -0.3 is 10.1 Å². The molecule has 2 N–H and O–H groups in total. The van der Waals surface area contributed by atoms with Crippen molar-refractivity contribution in [3.63, 3.8) is 0 Å². The molecule has 2 aromatic rings. The SMILES string of the molecule is CCC(c1nc2cc(C)ccc2[nH]1)C(C)O. The molecule has 0 saturated heterocycles. The Morgan fingerprint density at radius 1 is 1.44 bits per heavy atom. The first-order valence-electron chi connectivity index (χ1n) is 5.76. The van der Waals surface area contributed by atoms with Gasteiger partial charge in [-0.3, -0.25) is 0 Å². The molecule has 1 heterocycles. The van der Waals surface area contributed by atoms with E-state index in [0.29, 0.717) is 0 Å². The van der Waals surface area contributed by atoms with Crippen LogP contribution in [0.25, 0.3) is 11.0 Å². The van der Waals surface area contributed by atoms with Crippen molar-refractivity contribution >= 4 is 11.0 Å². The summed E-state index contributed by atoms with van der Waals surface area (Å²) in [6.45, 7) is 5.93. The van der Waals surface area contributed by atoms with E-state index in [1.807, 2.05) is 13.0 Å². The lowest BCUT2D eigenvalue weighted by Crippen LogP contribution is -2.15. The summed E-state index contributed by atoms with van der Waals surface area (Å²) in [6, 6.07) is 6.16. The minimum Gasteiger partial charge on any atom is -0.393 e. The molecule has 0 saturated carbocycles. The van der Waals surface area contributed by atoms with Gasteiger partial charge in [0.1, 0.15) is 5.82 Å². The number of H-pyrrole nitrogens is 1. The number of aromatic amines is 1. The number of hydrogen-bond donors (Lipinski definition) is 2. The molecule has 0 radical (unpaired) electrons. The monoisotopic (exact) mass is 218 g/mol. The van der Waals surface area contributed by atoms with E-state index in [-0.39, 0.29) is 12.0 Å². The summed E-state index contributed by atoms with van der Waals surface area (Å²) in [5.74, 6) is 0.978. The predicted molar refractivity (Wildman–Crippen MR) is 65.5 cm³/mol. The van der Waals surface area contributed by atoms with Crippen LogP contribution in [0.3, 0.4) is 0 Å². The predicted octanol–water partition coefficient (Wildman–Crippen LogP) is 2.75. The summed E-state index contributed by atoms with van der Waals surface area (Å²) in [6.07, 6.45) is 0.517. The lowest BCUT2D eigenvalue weighted by molar-refractivity contribution is 0.156. The Labute approximate surface area is 95.5 Å². The highest BCUT2D eigenvalue weighted by Crippen LogP contribution is 2.23. The summed E-state index contributed by atoms with van der Waals surface area (Å²) < 4.78 is 0. The smallest absolute Gasteiger partial charge is 0.112 e. The Bertz CT molecular complexity index is 488. The van der Waals surface area contributed by atoms with Gasteiger partial charge in [0.15, 0.2) is 0 Å². The van der Waals surface area contributed by atoms with Gasteiger partial charge in [0.25, 0.3) is 0 Å². The number of aromatic nitrogens is 2. The second-order valence-electron chi connectivity index (χ2n) is 4.40. The first-order chi connectivity index (χ1) is 7.61. The topological polar surface area (TPSA) is 48.9 Å². The van der Waals surface area contributed by atoms with Gasteiger partial charge in [-0.25, -0.2) is 4.98 Å². The van der Waals surface area contributed by atoms with Gasteiger partial charge in [0.05, 0.1) is 17.1 Å². The maximum Gasteiger partial charge on any atom is 0.112 e. The van der Waals surface area contributed by atoms with Gasteiger partial charge in [0, 0.05) is 5.92 Å². The van der Waals surface area contributed by atoms with Gasteiger partial charge in [-0.2, -0.15) is 0 Å². The molecule has 0 amide bonds. The average molecular weight is 218 g/mol. The zero-order valence-corrected chi connectivity index (χ0v) is 9.99. The average Bonchev–Trinajstić information content (AvgIpc) is 2.60. The zero-order chi connectivity index (χ0) is 11.7. The van der Waals surface area contributed by atoms with Crippen molar-refractivity contribution < 1.29 is 5.11 Å². The Morgan fingerprint density at radius 3 is 2.81 bits per heavy atom. The molecular weight excluding hydrogens is 200 g/mol. The van der Waals surface area contributed by atoms with E-state index in [9.17, 15) is 5.11 Å². The fraction of sp³-hybridized carbons (Fsp3) is 0.462. The quantitative estimate of drug-likeness (QED) is 0.832. The Morgan fingerprint density at radius 2 is 2.19 bits per heavy atom. The van der Waals surface area contributed by atoms with Crippen molar-refractivity contribution in [1.82, 2.24) is 9.97 Å². The summed E-state index contributed by atoms with van der Waals surface area (Å²) in [5, 5.41) is 9.69. The van der Waals surface area contributed by atoms with Crippen LogP contribution in [0.2, 0.25) is 0 Å². The third-order valence-corrected chi connectivity index (χ3v) is 3.03. The molecule has 0 bridgehead atoms. The van der Waals surface area contributed by atoms with Crippen LogP contribution in [0.15, 0.2) is 18.2 Å². The molecule has 3 nitrogen and oxygen atoms in total. The van der Waals surface area contributed by atoms with Gasteiger partial charge in [-0.05, 0) is 38.0 Å². The molecule has 2 rings (SSSR count). The van der Waals surface area contributed by atoms with Crippen molar-refractivity contribution in [2.75, 3.05) is 0 Å². The molecular formula is C13H18N2O. The molecule has 2 unspecified atom stereocenters. The molecule has 0 fully saturated rings. The highest BCUT2D eigenvalue weighted by molar-refractivity contribution is 5.75. The minimum absolute atomic E-state index is 0.0905. The molecule has 0 spiro atoms. The molecule has 0 aliphatic carbocycles. The van der Waals surface area contributed by atoms with Crippen LogP contribution in [0, 0.1) is 6.92 Å². The summed E-state index contributed by atoms with van der Waals surface area (Å²) in [4.78, 5) is 7.83. The van der Waals surface area contributed by atoms with E-state index >= 15 is 0 Å². The van der Waals surface area contributed by atoms with Crippen LogP contribution < -0.4 is 0 Å². The largest absolute Gasteiger partial charge is 0.393 e. The third-order valence-electron chi connectivity index (χ3n) is 3.03. The lowest BCUT2D eigenvalue weighted by atomic mass is 10.0. The van der Waals surface area contributed by atoms with Crippen LogP contribution >= 0.6 is 0 Å². The molecule has 0 aliphatic heterocycles. The molecule has 1 aromatic heterocycles. The van der Waals surface area contributed by atoms with E-state index in [1.54, 1.807) is 0 Å². The van der Waals surface area contributed by atoms with Crippen LogP contribution in [0.5, 0.6) is 0 Å². The zero-order valence-electron chi connectivity index (χ0n) is 9.99. The van der Waals surface area contributed by atoms with E-state index in [2.05, 4.69) is 35.9 Å². The highest BCUT2D eigenvalue weighted by Gasteiger charge is 2.18. The number of hydrogen-bond acceptors (Lipinski definition) is 2. The number of imidazole rings is 1. The van der Waals surface area contributed by atoms with Gasteiger partial charge in [-0.1, -0.05) is 13.0 Å². The van der Waals surface area contributed by atoms with Crippen molar-refractivity contribution in [3.05, 3.63) is 29.6 Å².